The highest BCUT2D eigenvalue weighted by molar-refractivity contribution is 5.98. The van der Waals surface area contributed by atoms with Crippen LogP contribution in [0.2, 0.25) is 0 Å². The number of rotatable bonds is 8. The van der Waals surface area contributed by atoms with Crippen molar-refractivity contribution >= 4 is 34.9 Å². The van der Waals surface area contributed by atoms with Crippen LogP contribution in [0.1, 0.15) is 37.2 Å². The van der Waals surface area contributed by atoms with E-state index in [0.717, 1.165) is 12.8 Å². The molecule has 33 heavy (non-hydrogen) atoms. The van der Waals surface area contributed by atoms with E-state index in [1.807, 2.05) is 13.8 Å². The SMILES string of the molecule is C=CC(=O)N1CC(Oc2cccc(Nc3cc(NC(=O)C4CC4)nnc3C(N)=O)c2)C1(C)C. The number of benzene rings is 1. The average Bonchev–Trinajstić information content (AvgIpc) is 3.62. The minimum Gasteiger partial charge on any atom is -0.486 e. The van der Waals surface area contributed by atoms with Gasteiger partial charge in [-0.25, -0.2) is 0 Å². The summed E-state index contributed by atoms with van der Waals surface area (Å²) in [6.07, 6.45) is 2.81. The molecule has 4 N–H and O–H groups in total. The maximum absolute atomic E-state index is 12.0. The van der Waals surface area contributed by atoms with Crippen LogP contribution in [-0.4, -0.2) is 51.0 Å². The summed E-state index contributed by atoms with van der Waals surface area (Å²) in [4.78, 5) is 37.5. The quantitative estimate of drug-likeness (QED) is 0.524. The van der Waals surface area contributed by atoms with Gasteiger partial charge in [-0.1, -0.05) is 12.6 Å². The van der Waals surface area contributed by atoms with Crippen molar-refractivity contribution in [1.82, 2.24) is 15.1 Å². The molecular formula is C23H26N6O4. The van der Waals surface area contributed by atoms with E-state index in [4.69, 9.17) is 10.5 Å². The van der Waals surface area contributed by atoms with Crippen molar-refractivity contribution in [1.29, 1.82) is 0 Å². The number of amides is 3. The standard InChI is InChI=1S/C23H26N6O4/c1-4-19(30)29-12-17(23(29,2)3)33-15-7-5-6-14(10-15)25-16-11-18(26-22(32)13-8-9-13)27-28-20(16)21(24)31/h4-7,10-11,13,17H,1,8-9,12H2,2-3H3,(H2,24,31)(H2,25,26,27,32). The van der Waals surface area contributed by atoms with Crippen molar-refractivity contribution in [2.75, 3.05) is 17.2 Å². The molecule has 2 fully saturated rings. The van der Waals surface area contributed by atoms with Gasteiger partial charge in [0.2, 0.25) is 11.8 Å². The number of hydrogen-bond donors (Lipinski definition) is 3. The van der Waals surface area contributed by atoms with Crippen LogP contribution in [0, 0.1) is 5.92 Å². The Morgan fingerprint density at radius 3 is 2.64 bits per heavy atom. The summed E-state index contributed by atoms with van der Waals surface area (Å²) in [5.41, 5.74) is 5.86. The van der Waals surface area contributed by atoms with Gasteiger partial charge in [-0.15, -0.1) is 10.2 Å². The number of primary amides is 1. The van der Waals surface area contributed by atoms with Crippen LogP contribution in [0.25, 0.3) is 0 Å². The van der Waals surface area contributed by atoms with Crippen LogP contribution in [0.3, 0.4) is 0 Å². The molecule has 4 rings (SSSR count). The van der Waals surface area contributed by atoms with Gasteiger partial charge >= 0.3 is 0 Å². The van der Waals surface area contributed by atoms with E-state index in [9.17, 15) is 14.4 Å². The first-order valence-electron chi connectivity index (χ1n) is 10.6. The number of anilines is 3. The third-order valence-corrected chi connectivity index (χ3v) is 5.89. The number of hydrogen-bond acceptors (Lipinski definition) is 7. The first-order valence-corrected chi connectivity index (χ1v) is 10.6. The fourth-order valence-electron chi connectivity index (χ4n) is 3.62. The first-order chi connectivity index (χ1) is 15.7. The van der Waals surface area contributed by atoms with E-state index < -0.39 is 11.4 Å². The lowest BCUT2D eigenvalue weighted by Crippen LogP contribution is -2.70. The first kappa shape index (κ1) is 22.3. The summed E-state index contributed by atoms with van der Waals surface area (Å²) < 4.78 is 6.11. The summed E-state index contributed by atoms with van der Waals surface area (Å²) in [5, 5.41) is 13.6. The molecule has 10 heteroatoms. The molecule has 10 nitrogen and oxygen atoms in total. The number of nitrogens with two attached hydrogens (primary N) is 1. The second kappa shape index (κ2) is 8.53. The van der Waals surface area contributed by atoms with Crippen LogP contribution in [0.4, 0.5) is 17.2 Å². The molecule has 1 saturated carbocycles. The highest BCUT2D eigenvalue weighted by Crippen LogP contribution is 2.35. The third-order valence-electron chi connectivity index (χ3n) is 5.89. The Hall–Kier alpha value is -3.95. The lowest BCUT2D eigenvalue weighted by Gasteiger charge is -2.53. The summed E-state index contributed by atoms with van der Waals surface area (Å²) in [7, 11) is 0. The Morgan fingerprint density at radius 1 is 1.24 bits per heavy atom. The number of carbonyl (C=O) groups is 3. The van der Waals surface area contributed by atoms with Crippen LogP contribution < -0.4 is 21.1 Å². The predicted molar refractivity (Wildman–Crippen MR) is 122 cm³/mol. The Bertz CT molecular complexity index is 1130. The molecule has 1 aliphatic heterocycles. The summed E-state index contributed by atoms with van der Waals surface area (Å²) in [6.45, 7) is 7.86. The second-order valence-electron chi connectivity index (χ2n) is 8.69. The number of ether oxygens (including phenoxy) is 1. The largest absolute Gasteiger partial charge is 0.486 e. The minimum atomic E-state index is -0.749. The Kier molecular flexibility index (Phi) is 5.75. The van der Waals surface area contributed by atoms with E-state index >= 15 is 0 Å². The highest BCUT2D eigenvalue weighted by atomic mass is 16.5. The number of nitrogens with zero attached hydrogens (tertiary/aromatic N) is 3. The van der Waals surface area contributed by atoms with Gasteiger partial charge in [0, 0.05) is 23.7 Å². The van der Waals surface area contributed by atoms with Gasteiger partial charge in [0.15, 0.2) is 11.5 Å². The van der Waals surface area contributed by atoms with E-state index in [0.29, 0.717) is 23.7 Å². The molecule has 0 radical (unpaired) electrons. The lowest BCUT2D eigenvalue weighted by atomic mass is 9.85. The zero-order valence-corrected chi connectivity index (χ0v) is 18.5. The maximum Gasteiger partial charge on any atom is 0.271 e. The van der Waals surface area contributed by atoms with Gasteiger partial charge < -0.3 is 26.0 Å². The average molecular weight is 450 g/mol. The fraction of sp³-hybridized carbons (Fsp3) is 0.348. The van der Waals surface area contributed by atoms with Crippen molar-refractivity contribution in [3.8, 4) is 5.75 Å². The van der Waals surface area contributed by atoms with E-state index in [-0.39, 0.29) is 35.3 Å². The van der Waals surface area contributed by atoms with Gasteiger partial charge in [-0.05, 0) is 44.9 Å². The van der Waals surface area contributed by atoms with Gasteiger partial charge in [0.25, 0.3) is 5.91 Å². The molecule has 1 unspecified atom stereocenters. The zero-order chi connectivity index (χ0) is 23.8. The van der Waals surface area contributed by atoms with E-state index in [1.165, 1.54) is 12.1 Å². The molecule has 0 bridgehead atoms. The number of likely N-dealkylation sites (tertiary alicyclic amines) is 1. The number of carbonyl (C=O) groups excluding carboxylic acids is 3. The van der Waals surface area contributed by atoms with Crippen LogP contribution in [0.5, 0.6) is 5.75 Å². The molecule has 1 atom stereocenters. The summed E-state index contributed by atoms with van der Waals surface area (Å²) in [6, 6.07) is 8.68. The minimum absolute atomic E-state index is 0.00121. The van der Waals surface area contributed by atoms with Gasteiger partial charge in [-0.2, -0.15) is 0 Å². The van der Waals surface area contributed by atoms with Crippen molar-refractivity contribution in [2.24, 2.45) is 11.7 Å². The van der Waals surface area contributed by atoms with Crippen molar-refractivity contribution in [3.63, 3.8) is 0 Å². The molecular weight excluding hydrogens is 424 g/mol. The maximum atomic E-state index is 12.0. The molecule has 1 aromatic carbocycles. The van der Waals surface area contributed by atoms with Crippen LogP contribution >= 0.6 is 0 Å². The fourth-order valence-corrected chi connectivity index (χ4v) is 3.62. The highest BCUT2D eigenvalue weighted by Gasteiger charge is 2.50. The monoisotopic (exact) mass is 450 g/mol. The van der Waals surface area contributed by atoms with Crippen molar-refractivity contribution < 1.29 is 19.1 Å². The molecule has 1 saturated heterocycles. The Balaban J connectivity index is 1.50. The molecule has 2 aromatic rings. The van der Waals surface area contributed by atoms with Crippen LogP contribution in [0.15, 0.2) is 43.0 Å². The molecule has 0 spiro atoms. The molecule has 2 aliphatic rings. The van der Waals surface area contributed by atoms with Gasteiger partial charge in [-0.3, -0.25) is 14.4 Å². The Labute approximate surface area is 191 Å². The molecule has 3 amide bonds. The van der Waals surface area contributed by atoms with E-state index in [1.54, 1.807) is 29.2 Å². The lowest BCUT2D eigenvalue weighted by molar-refractivity contribution is -0.155. The topological polar surface area (TPSA) is 140 Å². The third kappa shape index (κ3) is 4.64. The molecule has 172 valence electrons. The zero-order valence-electron chi connectivity index (χ0n) is 18.5. The summed E-state index contributed by atoms with van der Waals surface area (Å²) >= 11 is 0. The van der Waals surface area contributed by atoms with E-state index in [2.05, 4.69) is 27.4 Å². The van der Waals surface area contributed by atoms with Gasteiger partial charge in [0.1, 0.15) is 11.9 Å². The molecule has 1 aliphatic carbocycles. The molecule has 1 aromatic heterocycles. The number of aromatic nitrogens is 2. The second-order valence-corrected chi connectivity index (χ2v) is 8.69. The molecule has 2 heterocycles. The normalized spacial score (nSPS) is 18.6. The van der Waals surface area contributed by atoms with Crippen molar-refractivity contribution in [3.05, 3.63) is 48.7 Å². The summed E-state index contributed by atoms with van der Waals surface area (Å²) in [5.74, 6) is -0.181. The van der Waals surface area contributed by atoms with Gasteiger partial charge in [0.05, 0.1) is 17.8 Å². The number of nitrogens with one attached hydrogen (secondary N) is 2. The van der Waals surface area contributed by atoms with Crippen molar-refractivity contribution in [2.45, 2.75) is 38.3 Å². The smallest absolute Gasteiger partial charge is 0.271 e. The Morgan fingerprint density at radius 2 is 2.00 bits per heavy atom. The van der Waals surface area contributed by atoms with Crippen LogP contribution in [-0.2, 0) is 9.59 Å². The predicted octanol–water partition coefficient (Wildman–Crippen LogP) is 2.22.